The molecule has 0 fully saturated rings. The second-order valence-electron chi connectivity index (χ2n) is 3.80. The number of aldehydes is 1. The quantitative estimate of drug-likeness (QED) is 0.741. The molecule has 1 unspecified atom stereocenters. The van der Waals surface area contributed by atoms with Crippen molar-refractivity contribution < 1.29 is 9.21 Å². The van der Waals surface area contributed by atoms with Gasteiger partial charge in [-0.1, -0.05) is 6.92 Å². The first-order valence-corrected chi connectivity index (χ1v) is 5.33. The van der Waals surface area contributed by atoms with Gasteiger partial charge in [-0.2, -0.15) is 5.10 Å². The van der Waals surface area contributed by atoms with Gasteiger partial charge in [-0.15, -0.1) is 0 Å². The predicted octanol–water partition coefficient (Wildman–Crippen LogP) is 2.93. The Morgan fingerprint density at radius 1 is 1.62 bits per heavy atom. The summed E-state index contributed by atoms with van der Waals surface area (Å²) < 4.78 is 6.82. The van der Waals surface area contributed by atoms with E-state index in [4.69, 9.17) is 4.42 Å². The summed E-state index contributed by atoms with van der Waals surface area (Å²) in [6.45, 7) is 4.16. The van der Waals surface area contributed by atoms with Crippen LogP contribution in [0.25, 0.3) is 11.3 Å². The molecule has 84 valence electrons. The van der Waals surface area contributed by atoms with E-state index in [1.807, 2.05) is 4.68 Å². The van der Waals surface area contributed by atoms with E-state index in [0.29, 0.717) is 17.3 Å². The minimum absolute atomic E-state index is 0.291. The summed E-state index contributed by atoms with van der Waals surface area (Å²) in [5, 5.41) is 4.42. The number of nitrogens with zero attached hydrogens (tertiary/aromatic N) is 2. The van der Waals surface area contributed by atoms with Crippen LogP contribution in [0.2, 0.25) is 0 Å². The third-order valence-electron chi connectivity index (χ3n) is 2.72. The summed E-state index contributed by atoms with van der Waals surface area (Å²) in [5.74, 6) is 0. The SMILES string of the molecule is CCC(C)n1cc(C=O)c(-c2ccoc2)n1. The topological polar surface area (TPSA) is 48.0 Å². The third kappa shape index (κ3) is 1.78. The molecular weight excluding hydrogens is 204 g/mol. The maximum absolute atomic E-state index is 11.0. The van der Waals surface area contributed by atoms with Crippen molar-refractivity contribution in [2.75, 3.05) is 0 Å². The van der Waals surface area contributed by atoms with Crippen molar-refractivity contribution in [3.63, 3.8) is 0 Å². The van der Waals surface area contributed by atoms with Crippen molar-refractivity contribution in [1.82, 2.24) is 9.78 Å². The van der Waals surface area contributed by atoms with Gasteiger partial charge in [0.1, 0.15) is 5.69 Å². The molecule has 0 radical (unpaired) electrons. The van der Waals surface area contributed by atoms with Crippen LogP contribution in [0, 0.1) is 0 Å². The van der Waals surface area contributed by atoms with Crippen LogP contribution in [-0.2, 0) is 0 Å². The average molecular weight is 218 g/mol. The molecule has 0 aromatic carbocycles. The van der Waals surface area contributed by atoms with Crippen LogP contribution in [0.4, 0.5) is 0 Å². The molecule has 0 spiro atoms. The molecule has 2 aromatic heterocycles. The predicted molar refractivity (Wildman–Crippen MR) is 60.3 cm³/mol. The van der Waals surface area contributed by atoms with E-state index in [0.717, 1.165) is 18.3 Å². The lowest BCUT2D eigenvalue weighted by atomic mass is 10.2. The number of furan rings is 1. The van der Waals surface area contributed by atoms with Crippen molar-refractivity contribution in [1.29, 1.82) is 0 Å². The third-order valence-corrected chi connectivity index (χ3v) is 2.72. The number of carbonyl (C=O) groups is 1. The zero-order valence-electron chi connectivity index (χ0n) is 9.38. The molecule has 16 heavy (non-hydrogen) atoms. The van der Waals surface area contributed by atoms with Gasteiger partial charge in [0.2, 0.25) is 0 Å². The molecule has 4 heteroatoms. The molecule has 0 aliphatic heterocycles. The smallest absolute Gasteiger partial charge is 0.153 e. The molecule has 0 N–H and O–H groups in total. The van der Waals surface area contributed by atoms with Gasteiger partial charge in [-0.25, -0.2) is 0 Å². The normalized spacial score (nSPS) is 12.6. The van der Waals surface area contributed by atoms with Crippen molar-refractivity contribution in [2.24, 2.45) is 0 Å². The number of rotatable bonds is 4. The first kappa shape index (κ1) is 10.7. The molecular formula is C12H14N2O2. The van der Waals surface area contributed by atoms with E-state index < -0.39 is 0 Å². The Morgan fingerprint density at radius 3 is 3.00 bits per heavy atom. The molecule has 1 atom stereocenters. The summed E-state index contributed by atoms with van der Waals surface area (Å²) in [4.78, 5) is 11.0. The number of aromatic nitrogens is 2. The Morgan fingerprint density at radius 2 is 2.44 bits per heavy atom. The minimum Gasteiger partial charge on any atom is -0.472 e. The van der Waals surface area contributed by atoms with Crippen molar-refractivity contribution in [2.45, 2.75) is 26.3 Å². The van der Waals surface area contributed by atoms with Crippen LogP contribution in [0.1, 0.15) is 36.7 Å². The summed E-state index contributed by atoms with van der Waals surface area (Å²) >= 11 is 0. The van der Waals surface area contributed by atoms with Crippen LogP contribution in [0.5, 0.6) is 0 Å². The second kappa shape index (κ2) is 4.35. The Bertz CT molecular complexity index is 471. The largest absolute Gasteiger partial charge is 0.472 e. The van der Waals surface area contributed by atoms with E-state index in [2.05, 4.69) is 18.9 Å². The fourth-order valence-electron chi connectivity index (χ4n) is 1.53. The molecule has 2 heterocycles. The highest BCUT2D eigenvalue weighted by Crippen LogP contribution is 2.23. The molecule has 0 saturated carbocycles. The van der Waals surface area contributed by atoms with Crippen molar-refractivity contribution in [3.8, 4) is 11.3 Å². The first-order valence-electron chi connectivity index (χ1n) is 5.33. The van der Waals surface area contributed by atoms with Gasteiger partial charge in [0, 0.05) is 17.8 Å². The number of hydrogen-bond donors (Lipinski definition) is 0. The van der Waals surface area contributed by atoms with Gasteiger partial charge in [0.05, 0.1) is 18.1 Å². The van der Waals surface area contributed by atoms with E-state index in [1.54, 1.807) is 24.8 Å². The van der Waals surface area contributed by atoms with Crippen LogP contribution < -0.4 is 0 Å². The molecule has 0 bridgehead atoms. The molecule has 0 aliphatic carbocycles. The lowest BCUT2D eigenvalue weighted by Gasteiger charge is -2.07. The monoisotopic (exact) mass is 218 g/mol. The van der Waals surface area contributed by atoms with Crippen LogP contribution in [0.3, 0.4) is 0 Å². The van der Waals surface area contributed by atoms with Crippen LogP contribution in [0.15, 0.2) is 29.2 Å². The molecule has 0 aliphatic rings. The Labute approximate surface area is 93.9 Å². The second-order valence-corrected chi connectivity index (χ2v) is 3.80. The Hall–Kier alpha value is -1.84. The first-order chi connectivity index (χ1) is 7.76. The summed E-state index contributed by atoms with van der Waals surface area (Å²) in [6, 6.07) is 2.09. The zero-order valence-corrected chi connectivity index (χ0v) is 9.38. The van der Waals surface area contributed by atoms with Gasteiger partial charge in [0.15, 0.2) is 6.29 Å². The lowest BCUT2D eigenvalue weighted by molar-refractivity contribution is 0.112. The Balaban J connectivity index is 2.45. The summed E-state index contributed by atoms with van der Waals surface area (Å²) in [5.41, 5.74) is 2.12. The maximum Gasteiger partial charge on any atom is 0.153 e. The number of carbonyl (C=O) groups excluding carboxylic acids is 1. The van der Waals surface area contributed by atoms with E-state index in [9.17, 15) is 4.79 Å². The van der Waals surface area contributed by atoms with Gasteiger partial charge >= 0.3 is 0 Å². The zero-order chi connectivity index (χ0) is 11.5. The van der Waals surface area contributed by atoms with E-state index >= 15 is 0 Å². The van der Waals surface area contributed by atoms with Gasteiger partial charge in [0.25, 0.3) is 0 Å². The molecule has 0 amide bonds. The summed E-state index contributed by atoms with van der Waals surface area (Å²) in [6.07, 6.45) is 6.75. The fourth-order valence-corrected chi connectivity index (χ4v) is 1.53. The van der Waals surface area contributed by atoms with E-state index in [-0.39, 0.29) is 0 Å². The van der Waals surface area contributed by atoms with E-state index in [1.165, 1.54) is 0 Å². The molecule has 2 aromatic rings. The fraction of sp³-hybridized carbons (Fsp3) is 0.333. The van der Waals surface area contributed by atoms with Crippen LogP contribution in [-0.4, -0.2) is 16.1 Å². The van der Waals surface area contributed by atoms with Crippen LogP contribution >= 0.6 is 0 Å². The maximum atomic E-state index is 11.0. The minimum atomic E-state index is 0.291. The van der Waals surface area contributed by atoms with Gasteiger partial charge in [-0.05, 0) is 19.4 Å². The highest BCUT2D eigenvalue weighted by Gasteiger charge is 2.13. The average Bonchev–Trinajstić information content (AvgIpc) is 2.95. The Kier molecular flexibility index (Phi) is 2.90. The van der Waals surface area contributed by atoms with Gasteiger partial charge in [-0.3, -0.25) is 9.48 Å². The molecule has 2 rings (SSSR count). The highest BCUT2D eigenvalue weighted by atomic mass is 16.3. The highest BCUT2D eigenvalue weighted by molar-refractivity contribution is 5.85. The molecule has 0 saturated heterocycles. The molecule has 4 nitrogen and oxygen atoms in total. The lowest BCUT2D eigenvalue weighted by Crippen LogP contribution is -2.03. The van der Waals surface area contributed by atoms with Gasteiger partial charge < -0.3 is 4.42 Å². The van der Waals surface area contributed by atoms with Crippen molar-refractivity contribution in [3.05, 3.63) is 30.4 Å². The number of hydrogen-bond acceptors (Lipinski definition) is 3. The van der Waals surface area contributed by atoms with Crippen molar-refractivity contribution >= 4 is 6.29 Å². The standard InChI is InChI=1S/C12H14N2O2/c1-3-9(2)14-6-11(7-15)12(13-14)10-4-5-16-8-10/h4-9H,3H2,1-2H3. The summed E-state index contributed by atoms with van der Waals surface area (Å²) in [7, 11) is 0.